The molecule has 0 saturated carbocycles. The van der Waals surface area contributed by atoms with E-state index in [-0.39, 0.29) is 5.92 Å². The van der Waals surface area contributed by atoms with Crippen molar-refractivity contribution in [3.63, 3.8) is 0 Å². The van der Waals surface area contributed by atoms with Crippen molar-refractivity contribution in [3.8, 4) is 0 Å². The van der Waals surface area contributed by atoms with Crippen molar-refractivity contribution < 1.29 is 9.46 Å². The quantitative estimate of drug-likeness (QED) is 0.468. The van der Waals surface area contributed by atoms with Crippen LogP contribution in [0.25, 0.3) is 0 Å². The van der Waals surface area contributed by atoms with Gasteiger partial charge < -0.3 is 0 Å². The summed E-state index contributed by atoms with van der Waals surface area (Å²) >= 11 is 0. The number of hydrogen-bond donors (Lipinski definition) is 1. The van der Waals surface area contributed by atoms with Gasteiger partial charge in [-0.2, -0.15) is 4.89 Å². The summed E-state index contributed by atoms with van der Waals surface area (Å²) in [4.78, 5) is 8.32. The molecule has 46 valence electrons. The maximum absolute atomic E-state index is 10.1. The summed E-state index contributed by atoms with van der Waals surface area (Å²) in [6.45, 7) is 5.33. The topological polar surface area (TPSA) is 37.3 Å². The molecule has 0 aliphatic rings. The van der Waals surface area contributed by atoms with Gasteiger partial charge in [-0.3, -0.25) is 0 Å². The third kappa shape index (κ3) is 3.97. The van der Waals surface area contributed by atoms with Crippen LogP contribution < -0.4 is 0 Å². The maximum atomic E-state index is 10.1. The Balaban J connectivity index is 3.38. The van der Waals surface area contributed by atoms with Crippen molar-refractivity contribution in [1.29, 1.82) is 0 Å². The van der Waals surface area contributed by atoms with Gasteiger partial charge in [0, 0.05) is 5.92 Å². The first kappa shape index (κ1) is 7.80. The minimum Gasteiger partial charge on any atom is -0.161 e. The zero-order valence-corrected chi connectivity index (χ0v) is 5.77. The molecule has 0 heterocycles. The van der Waals surface area contributed by atoms with E-state index in [9.17, 15) is 4.57 Å². The van der Waals surface area contributed by atoms with Gasteiger partial charge in [-0.15, -0.1) is 6.58 Å². The second-order valence-corrected chi connectivity index (χ2v) is 2.82. The second kappa shape index (κ2) is 3.76. The molecule has 0 aromatic heterocycles. The highest BCUT2D eigenvalue weighted by Crippen LogP contribution is 2.17. The van der Waals surface area contributed by atoms with Gasteiger partial charge in [0.25, 0.3) is 0 Å². The molecule has 2 atom stereocenters. The van der Waals surface area contributed by atoms with Gasteiger partial charge in [0.05, 0.1) is 0 Å². The maximum Gasteiger partial charge on any atom is 0.506 e. The van der Waals surface area contributed by atoms with Crippen LogP contribution in [0, 0.1) is 5.92 Å². The molecular weight excluding hydrogens is 123 g/mol. The van der Waals surface area contributed by atoms with Gasteiger partial charge in [-0.25, -0.2) is 0 Å². The first-order valence-electron chi connectivity index (χ1n) is 2.43. The Morgan fingerprint density at radius 1 is 2.00 bits per heavy atom. The summed E-state index contributed by atoms with van der Waals surface area (Å²) in [7, 11) is -1.97. The van der Waals surface area contributed by atoms with Crippen LogP contribution in [0.2, 0.25) is 0 Å². The molecule has 2 unspecified atom stereocenters. The molecule has 0 aromatic rings. The predicted molar refractivity (Wildman–Crippen MR) is 34.1 cm³/mol. The van der Waals surface area contributed by atoms with Crippen LogP contribution in [0.15, 0.2) is 12.7 Å². The van der Waals surface area contributed by atoms with Gasteiger partial charge >= 0.3 is 8.03 Å². The SMILES string of the molecule is C=CC(C)C[P+](=O)O. The number of rotatable bonds is 3. The van der Waals surface area contributed by atoms with E-state index >= 15 is 0 Å². The van der Waals surface area contributed by atoms with E-state index < -0.39 is 8.03 Å². The van der Waals surface area contributed by atoms with Crippen LogP contribution in [-0.4, -0.2) is 11.1 Å². The zero-order chi connectivity index (χ0) is 6.57. The monoisotopic (exact) mass is 133 g/mol. The van der Waals surface area contributed by atoms with Crippen molar-refractivity contribution in [2.45, 2.75) is 6.92 Å². The van der Waals surface area contributed by atoms with Crippen LogP contribution in [-0.2, 0) is 4.57 Å². The van der Waals surface area contributed by atoms with Crippen LogP contribution in [0.4, 0.5) is 0 Å². The Hall–Kier alpha value is -0.200. The van der Waals surface area contributed by atoms with E-state index in [4.69, 9.17) is 4.89 Å². The summed E-state index contributed by atoms with van der Waals surface area (Å²) < 4.78 is 10.1. The Bertz CT molecular complexity index is 101. The molecule has 0 radical (unpaired) electrons. The number of hydrogen-bond acceptors (Lipinski definition) is 1. The highest BCUT2D eigenvalue weighted by Gasteiger charge is 2.12. The number of allylic oxidation sites excluding steroid dienone is 1. The lowest BCUT2D eigenvalue weighted by Crippen LogP contribution is -1.90. The fourth-order valence-electron chi connectivity index (χ4n) is 0.321. The lowest BCUT2D eigenvalue weighted by atomic mass is 10.2. The first-order valence-corrected chi connectivity index (χ1v) is 3.82. The predicted octanol–water partition coefficient (Wildman–Crippen LogP) is 1.54. The van der Waals surface area contributed by atoms with Crippen molar-refractivity contribution in [2.75, 3.05) is 6.16 Å². The molecule has 0 spiro atoms. The third-order valence-electron chi connectivity index (χ3n) is 0.847. The Morgan fingerprint density at radius 2 is 2.50 bits per heavy atom. The summed E-state index contributed by atoms with van der Waals surface area (Å²) in [5.41, 5.74) is 0. The van der Waals surface area contributed by atoms with E-state index in [1.165, 1.54) is 0 Å². The van der Waals surface area contributed by atoms with E-state index in [0.717, 1.165) is 0 Å². The molecule has 1 N–H and O–H groups in total. The van der Waals surface area contributed by atoms with Gasteiger partial charge in [0.15, 0.2) is 6.16 Å². The summed E-state index contributed by atoms with van der Waals surface area (Å²) in [6.07, 6.45) is 2.00. The van der Waals surface area contributed by atoms with E-state index in [0.29, 0.717) is 6.16 Å². The van der Waals surface area contributed by atoms with Crippen LogP contribution in [0.5, 0.6) is 0 Å². The summed E-state index contributed by atoms with van der Waals surface area (Å²) in [5, 5.41) is 0. The summed E-state index contributed by atoms with van der Waals surface area (Å²) in [6, 6.07) is 0. The first-order chi connectivity index (χ1) is 3.66. The van der Waals surface area contributed by atoms with Gasteiger partial charge in [0.1, 0.15) is 0 Å². The molecule has 8 heavy (non-hydrogen) atoms. The largest absolute Gasteiger partial charge is 0.506 e. The zero-order valence-electron chi connectivity index (χ0n) is 4.87. The fourth-order valence-corrected chi connectivity index (χ4v) is 0.963. The van der Waals surface area contributed by atoms with Gasteiger partial charge in [-0.1, -0.05) is 13.0 Å². The van der Waals surface area contributed by atoms with Crippen molar-refractivity contribution in [3.05, 3.63) is 12.7 Å². The Morgan fingerprint density at radius 3 is 2.62 bits per heavy atom. The molecule has 0 amide bonds. The average molecular weight is 133 g/mol. The van der Waals surface area contributed by atoms with E-state index in [2.05, 4.69) is 6.58 Å². The molecule has 0 aliphatic carbocycles. The Labute approximate surface area is 50.1 Å². The molecule has 0 aromatic carbocycles. The summed E-state index contributed by atoms with van der Waals surface area (Å²) in [5.74, 6) is 0.156. The molecular formula is C5H10O2P+. The Kier molecular flexibility index (Phi) is 3.67. The van der Waals surface area contributed by atoms with Crippen molar-refractivity contribution in [1.82, 2.24) is 0 Å². The average Bonchev–Trinajstić information content (AvgIpc) is 1.65. The van der Waals surface area contributed by atoms with Crippen molar-refractivity contribution >= 4 is 8.03 Å². The molecule has 0 fully saturated rings. The molecule has 0 rings (SSSR count). The lowest BCUT2D eigenvalue weighted by molar-refractivity contribution is 0.497. The lowest BCUT2D eigenvalue weighted by Gasteiger charge is -1.89. The molecule has 3 heteroatoms. The third-order valence-corrected chi connectivity index (χ3v) is 1.73. The molecule has 0 saturated heterocycles. The highest BCUT2D eigenvalue weighted by atomic mass is 31.1. The molecule has 0 bridgehead atoms. The second-order valence-electron chi connectivity index (χ2n) is 1.75. The van der Waals surface area contributed by atoms with Gasteiger partial charge in [-0.05, 0) is 4.57 Å². The van der Waals surface area contributed by atoms with Crippen LogP contribution in [0.1, 0.15) is 6.92 Å². The van der Waals surface area contributed by atoms with Gasteiger partial charge in [0.2, 0.25) is 0 Å². The fraction of sp³-hybridized carbons (Fsp3) is 0.600. The minimum absolute atomic E-state index is 0.156. The van der Waals surface area contributed by atoms with Crippen molar-refractivity contribution in [2.24, 2.45) is 5.92 Å². The smallest absolute Gasteiger partial charge is 0.161 e. The minimum atomic E-state index is -1.97. The van der Waals surface area contributed by atoms with E-state index in [1.54, 1.807) is 6.08 Å². The standard InChI is InChI=1S/C5H9O2P/c1-3-5(2)4-8(6)7/h3,5H,1,4H2,2H3/p+1. The van der Waals surface area contributed by atoms with Crippen LogP contribution in [0.3, 0.4) is 0 Å². The molecule has 2 nitrogen and oxygen atoms in total. The molecule has 0 aliphatic heterocycles. The van der Waals surface area contributed by atoms with Crippen LogP contribution >= 0.6 is 8.03 Å². The van der Waals surface area contributed by atoms with E-state index in [1.807, 2.05) is 6.92 Å². The highest BCUT2D eigenvalue weighted by molar-refractivity contribution is 7.38. The normalized spacial score (nSPS) is 15.0.